The Morgan fingerprint density at radius 2 is 2.06 bits per heavy atom. The summed E-state index contributed by atoms with van der Waals surface area (Å²) in [6, 6.07) is 0. The fourth-order valence-electron chi connectivity index (χ4n) is 1.81. The van der Waals surface area contributed by atoms with Crippen LogP contribution in [0.2, 0.25) is 0 Å². The number of rotatable bonds is 2. The first-order valence-corrected chi connectivity index (χ1v) is 6.43. The zero-order valence-corrected chi connectivity index (χ0v) is 9.93. The number of aromatic nitrogens is 3. The van der Waals surface area contributed by atoms with E-state index in [0.29, 0.717) is 10.9 Å². The zero-order valence-electron chi connectivity index (χ0n) is 9.12. The summed E-state index contributed by atoms with van der Waals surface area (Å²) in [5.74, 6) is 0. The van der Waals surface area contributed by atoms with Gasteiger partial charge in [-0.05, 0) is 31.9 Å². The largest absolute Gasteiger partial charge is 0.402 e. The quantitative estimate of drug-likeness (QED) is 0.754. The third-order valence-corrected chi connectivity index (χ3v) is 3.24. The molecular formula is C10H14N4OS. The second-order valence-electron chi connectivity index (χ2n) is 3.72. The van der Waals surface area contributed by atoms with Crippen molar-refractivity contribution in [2.75, 3.05) is 6.26 Å². The van der Waals surface area contributed by atoms with E-state index in [1.807, 2.05) is 6.26 Å². The summed E-state index contributed by atoms with van der Waals surface area (Å²) in [5.41, 5.74) is 7.74. The van der Waals surface area contributed by atoms with Gasteiger partial charge in [-0.25, -0.2) is 0 Å². The lowest BCUT2D eigenvalue weighted by molar-refractivity contribution is 0.698. The number of aromatic amines is 1. The molecule has 0 radical (unpaired) electrons. The lowest BCUT2D eigenvalue weighted by Crippen LogP contribution is -2.20. The monoisotopic (exact) mass is 238 g/mol. The smallest absolute Gasteiger partial charge is 0.278 e. The molecule has 1 aliphatic rings. The topological polar surface area (TPSA) is 84.7 Å². The minimum atomic E-state index is -0.195. The van der Waals surface area contributed by atoms with Gasteiger partial charge in [0, 0.05) is 11.3 Å². The minimum Gasteiger partial charge on any atom is -0.402 e. The van der Waals surface area contributed by atoms with Gasteiger partial charge in [0.15, 0.2) is 10.9 Å². The van der Waals surface area contributed by atoms with Gasteiger partial charge in [0.1, 0.15) is 0 Å². The fourth-order valence-corrected chi connectivity index (χ4v) is 2.13. The van der Waals surface area contributed by atoms with Gasteiger partial charge in [0.25, 0.3) is 5.56 Å². The number of hydrogen-bond acceptors (Lipinski definition) is 5. The van der Waals surface area contributed by atoms with Crippen LogP contribution in [-0.2, 0) is 0 Å². The van der Waals surface area contributed by atoms with Crippen LogP contribution in [0, 0.1) is 0 Å². The van der Waals surface area contributed by atoms with E-state index >= 15 is 0 Å². The van der Waals surface area contributed by atoms with Crippen LogP contribution < -0.4 is 11.3 Å². The average molecular weight is 238 g/mol. The molecule has 1 aliphatic carbocycles. The van der Waals surface area contributed by atoms with Crippen molar-refractivity contribution in [1.82, 2.24) is 15.2 Å². The molecule has 0 saturated heterocycles. The van der Waals surface area contributed by atoms with Crippen molar-refractivity contribution in [3.05, 3.63) is 21.7 Å². The molecule has 0 atom stereocenters. The molecule has 1 aromatic heterocycles. The highest BCUT2D eigenvalue weighted by Crippen LogP contribution is 2.26. The van der Waals surface area contributed by atoms with E-state index in [0.717, 1.165) is 37.0 Å². The first-order chi connectivity index (χ1) is 7.72. The second kappa shape index (κ2) is 4.69. The van der Waals surface area contributed by atoms with Crippen molar-refractivity contribution in [2.24, 2.45) is 5.73 Å². The lowest BCUT2D eigenvalue weighted by atomic mass is 9.94. The van der Waals surface area contributed by atoms with Crippen LogP contribution in [-0.4, -0.2) is 21.4 Å². The summed E-state index contributed by atoms with van der Waals surface area (Å²) in [7, 11) is 0. The molecule has 0 unspecified atom stereocenters. The van der Waals surface area contributed by atoms with Gasteiger partial charge in [0.05, 0.1) is 0 Å². The van der Waals surface area contributed by atoms with E-state index in [1.54, 1.807) is 0 Å². The van der Waals surface area contributed by atoms with Gasteiger partial charge in [0.2, 0.25) is 0 Å². The molecule has 0 spiro atoms. The third kappa shape index (κ3) is 2.11. The molecule has 0 aromatic carbocycles. The van der Waals surface area contributed by atoms with E-state index in [9.17, 15) is 4.79 Å². The fraction of sp³-hybridized carbons (Fsp3) is 0.500. The van der Waals surface area contributed by atoms with Crippen molar-refractivity contribution in [3.8, 4) is 0 Å². The molecule has 0 fully saturated rings. The van der Waals surface area contributed by atoms with E-state index in [-0.39, 0.29) is 5.56 Å². The van der Waals surface area contributed by atoms with Crippen LogP contribution in [0.4, 0.5) is 0 Å². The molecule has 0 saturated carbocycles. The molecule has 6 heteroatoms. The molecule has 5 nitrogen and oxygen atoms in total. The summed E-state index contributed by atoms with van der Waals surface area (Å²) < 4.78 is 0. The summed E-state index contributed by atoms with van der Waals surface area (Å²) in [6.45, 7) is 0. The van der Waals surface area contributed by atoms with Crippen molar-refractivity contribution >= 4 is 17.3 Å². The van der Waals surface area contributed by atoms with Crippen LogP contribution in [0.5, 0.6) is 0 Å². The predicted molar refractivity (Wildman–Crippen MR) is 64.0 cm³/mol. The Hall–Kier alpha value is -1.30. The standard InChI is InChI=1S/C10H14N4OS/c1-16-10-12-9(15)8(13-14-10)6-4-2-3-5-7(6)11/h2-5,11H2,1H3,(H,12,14,15). The molecule has 0 aliphatic heterocycles. The van der Waals surface area contributed by atoms with Crippen molar-refractivity contribution in [2.45, 2.75) is 30.8 Å². The van der Waals surface area contributed by atoms with Gasteiger partial charge < -0.3 is 5.73 Å². The number of nitrogens with one attached hydrogen (secondary N) is 1. The van der Waals surface area contributed by atoms with E-state index in [1.165, 1.54) is 11.8 Å². The number of hydrogen-bond donors (Lipinski definition) is 2. The van der Waals surface area contributed by atoms with E-state index in [4.69, 9.17) is 5.73 Å². The maximum Gasteiger partial charge on any atom is 0.278 e. The van der Waals surface area contributed by atoms with Crippen LogP contribution in [0.3, 0.4) is 0 Å². The Labute approximate surface area is 97.5 Å². The number of nitrogens with two attached hydrogens (primary N) is 1. The Bertz CT molecular complexity index is 480. The molecule has 1 aromatic rings. The summed E-state index contributed by atoms with van der Waals surface area (Å²) in [5, 5.41) is 8.44. The Morgan fingerprint density at radius 3 is 2.69 bits per heavy atom. The maximum atomic E-state index is 11.8. The van der Waals surface area contributed by atoms with Crippen LogP contribution >= 0.6 is 11.8 Å². The van der Waals surface area contributed by atoms with Crippen LogP contribution in [0.1, 0.15) is 31.4 Å². The minimum absolute atomic E-state index is 0.195. The molecule has 0 amide bonds. The average Bonchev–Trinajstić information content (AvgIpc) is 2.30. The highest BCUT2D eigenvalue weighted by atomic mass is 32.2. The molecule has 86 valence electrons. The molecule has 2 rings (SSSR count). The Balaban J connectivity index is 2.44. The second-order valence-corrected chi connectivity index (χ2v) is 4.52. The van der Waals surface area contributed by atoms with E-state index < -0.39 is 0 Å². The molecule has 3 N–H and O–H groups in total. The normalized spacial score (nSPS) is 16.6. The van der Waals surface area contributed by atoms with Gasteiger partial charge in [-0.1, -0.05) is 11.8 Å². The van der Waals surface area contributed by atoms with Crippen LogP contribution in [0.15, 0.2) is 15.6 Å². The first-order valence-electron chi connectivity index (χ1n) is 5.21. The number of thioether (sulfide) groups is 1. The Morgan fingerprint density at radius 1 is 1.31 bits per heavy atom. The number of H-pyrrole nitrogens is 1. The molecule has 0 bridgehead atoms. The van der Waals surface area contributed by atoms with Gasteiger partial charge in [-0.15, -0.1) is 10.2 Å². The molecular weight excluding hydrogens is 224 g/mol. The van der Waals surface area contributed by atoms with Gasteiger partial charge in [-0.2, -0.15) is 0 Å². The highest BCUT2D eigenvalue weighted by Gasteiger charge is 2.16. The summed E-state index contributed by atoms with van der Waals surface area (Å²) >= 11 is 1.36. The zero-order chi connectivity index (χ0) is 11.5. The van der Waals surface area contributed by atoms with Crippen molar-refractivity contribution < 1.29 is 0 Å². The Kier molecular flexibility index (Phi) is 3.28. The van der Waals surface area contributed by atoms with Crippen molar-refractivity contribution in [1.29, 1.82) is 0 Å². The van der Waals surface area contributed by atoms with E-state index in [2.05, 4.69) is 15.2 Å². The van der Waals surface area contributed by atoms with Gasteiger partial charge >= 0.3 is 0 Å². The maximum absolute atomic E-state index is 11.8. The molecule has 16 heavy (non-hydrogen) atoms. The SMILES string of the molecule is CSc1nnc(C2=C(N)CCCC2)c(=O)[nH]1. The highest BCUT2D eigenvalue weighted by molar-refractivity contribution is 7.98. The van der Waals surface area contributed by atoms with Crippen molar-refractivity contribution in [3.63, 3.8) is 0 Å². The third-order valence-electron chi connectivity index (χ3n) is 2.67. The molecule has 1 heterocycles. The summed E-state index contributed by atoms with van der Waals surface area (Å²) in [6.07, 6.45) is 5.65. The number of nitrogens with zero attached hydrogens (tertiary/aromatic N) is 2. The predicted octanol–water partition coefficient (Wildman–Crippen LogP) is 1.13. The lowest BCUT2D eigenvalue weighted by Gasteiger charge is -2.15. The number of allylic oxidation sites excluding steroid dienone is 2. The summed E-state index contributed by atoms with van der Waals surface area (Å²) in [4.78, 5) is 14.5. The first kappa shape index (κ1) is 11.2. The van der Waals surface area contributed by atoms with Gasteiger partial charge in [-0.3, -0.25) is 9.78 Å². The van der Waals surface area contributed by atoms with Crippen LogP contribution in [0.25, 0.3) is 5.57 Å².